The van der Waals surface area contributed by atoms with Crippen LogP contribution in [0.1, 0.15) is 24.0 Å². The van der Waals surface area contributed by atoms with E-state index in [0.29, 0.717) is 28.7 Å². The van der Waals surface area contributed by atoms with Crippen LogP contribution < -0.4 is 9.47 Å². The van der Waals surface area contributed by atoms with Gasteiger partial charge in [0.05, 0.1) is 25.2 Å². The Bertz CT molecular complexity index is 1170. The Morgan fingerprint density at radius 2 is 1.70 bits per heavy atom. The fourth-order valence-electron chi connectivity index (χ4n) is 5.93. The summed E-state index contributed by atoms with van der Waals surface area (Å²) in [7, 11) is 1.57. The number of ether oxygens (including phenoxy) is 2. The predicted molar refractivity (Wildman–Crippen MR) is 123 cm³/mol. The SMILES string of the molecule is COc1cc(/C=N\N2C(=O)[C@H]3[C@H](C2=O)[C@H]2C=C[C@H]3C23CC3)ccc1OCc1ccc(Cl)cc1. The number of hydrogen-bond donors (Lipinski definition) is 0. The molecular formula is C26H23ClN2O4. The molecule has 2 saturated carbocycles. The van der Waals surface area contributed by atoms with E-state index in [2.05, 4.69) is 17.3 Å². The summed E-state index contributed by atoms with van der Waals surface area (Å²) in [4.78, 5) is 26.1. The molecule has 3 aliphatic carbocycles. The number of fused-ring (bicyclic) bond motifs is 3. The summed E-state index contributed by atoms with van der Waals surface area (Å²) in [6.45, 7) is 0.373. The van der Waals surface area contributed by atoms with Gasteiger partial charge in [-0.2, -0.15) is 10.1 Å². The van der Waals surface area contributed by atoms with E-state index in [-0.39, 0.29) is 40.9 Å². The largest absolute Gasteiger partial charge is 0.493 e. The van der Waals surface area contributed by atoms with E-state index in [1.165, 1.54) is 6.21 Å². The van der Waals surface area contributed by atoms with Crippen LogP contribution in [0.4, 0.5) is 0 Å². The zero-order valence-electron chi connectivity index (χ0n) is 18.1. The number of hydrazone groups is 1. The molecule has 4 aliphatic rings. The molecule has 0 radical (unpaired) electrons. The highest BCUT2D eigenvalue weighted by atomic mass is 35.5. The quantitative estimate of drug-likeness (QED) is 0.361. The molecule has 1 heterocycles. The molecule has 7 heteroatoms. The van der Waals surface area contributed by atoms with Gasteiger partial charge in [-0.25, -0.2) is 0 Å². The minimum atomic E-state index is -0.245. The van der Waals surface area contributed by atoms with E-state index in [1.807, 2.05) is 30.3 Å². The number of amides is 2. The van der Waals surface area contributed by atoms with Gasteiger partial charge in [0, 0.05) is 5.02 Å². The first-order valence-corrected chi connectivity index (χ1v) is 11.5. The average molecular weight is 463 g/mol. The smallest absolute Gasteiger partial charge is 0.254 e. The third-order valence-corrected chi connectivity index (χ3v) is 7.90. The molecule has 2 amide bonds. The average Bonchev–Trinajstić information content (AvgIpc) is 3.43. The zero-order valence-corrected chi connectivity index (χ0v) is 18.9. The van der Waals surface area contributed by atoms with E-state index in [9.17, 15) is 9.59 Å². The number of halogens is 1. The topological polar surface area (TPSA) is 68.2 Å². The molecule has 2 aromatic rings. The highest BCUT2D eigenvalue weighted by molar-refractivity contribution is 6.30. The molecule has 1 aliphatic heterocycles. The minimum Gasteiger partial charge on any atom is -0.493 e. The van der Waals surface area contributed by atoms with Crippen molar-refractivity contribution in [1.29, 1.82) is 0 Å². The third-order valence-electron chi connectivity index (χ3n) is 7.65. The molecule has 168 valence electrons. The molecule has 0 aromatic heterocycles. The summed E-state index contributed by atoms with van der Waals surface area (Å²) in [5, 5.41) is 6.04. The summed E-state index contributed by atoms with van der Waals surface area (Å²) in [6, 6.07) is 12.8. The maximum atomic E-state index is 13.0. The van der Waals surface area contributed by atoms with Crippen molar-refractivity contribution in [2.45, 2.75) is 19.4 Å². The van der Waals surface area contributed by atoms with Crippen LogP contribution in [0.3, 0.4) is 0 Å². The molecule has 1 saturated heterocycles. The van der Waals surface area contributed by atoms with E-state index in [4.69, 9.17) is 21.1 Å². The Morgan fingerprint density at radius 1 is 1.03 bits per heavy atom. The van der Waals surface area contributed by atoms with Gasteiger partial charge in [-0.15, -0.1) is 0 Å². The molecule has 1 spiro atoms. The second kappa shape index (κ2) is 7.45. The third kappa shape index (κ3) is 3.11. The number of allylic oxidation sites excluding steroid dienone is 2. The lowest BCUT2D eigenvalue weighted by Gasteiger charge is -2.18. The predicted octanol–water partition coefficient (Wildman–Crippen LogP) is 4.46. The molecular weight excluding hydrogens is 440 g/mol. The van der Waals surface area contributed by atoms with Crippen LogP contribution in [0, 0.1) is 29.1 Å². The number of rotatable bonds is 6. The monoisotopic (exact) mass is 462 g/mol. The molecule has 33 heavy (non-hydrogen) atoms. The number of benzene rings is 2. The molecule has 2 bridgehead atoms. The van der Waals surface area contributed by atoms with E-state index >= 15 is 0 Å². The molecule has 3 fully saturated rings. The van der Waals surface area contributed by atoms with Crippen molar-refractivity contribution < 1.29 is 19.1 Å². The number of carbonyl (C=O) groups is 2. The van der Waals surface area contributed by atoms with E-state index in [0.717, 1.165) is 23.4 Å². The fourth-order valence-corrected chi connectivity index (χ4v) is 6.05. The highest BCUT2D eigenvalue weighted by Gasteiger charge is 2.73. The van der Waals surface area contributed by atoms with Gasteiger partial charge in [0.15, 0.2) is 11.5 Å². The van der Waals surface area contributed by atoms with Gasteiger partial charge >= 0.3 is 0 Å². The standard InChI is InChI=1S/C26H23ClN2O4/c1-32-21-12-16(4-9-20(21)33-14-15-2-5-17(27)6-3-15)13-28-29-24(30)22-18-7-8-19(23(22)25(29)31)26(18)10-11-26/h2-9,12-13,18-19,22-23H,10-11,14H2,1H3/b28-13-/t18-,19-,22-,23-/m1/s1. The van der Waals surface area contributed by atoms with Gasteiger partial charge in [0.2, 0.25) is 0 Å². The Hall–Kier alpha value is -3.12. The first kappa shape index (κ1) is 20.5. The molecule has 6 rings (SSSR count). The van der Waals surface area contributed by atoms with Crippen molar-refractivity contribution in [3.63, 3.8) is 0 Å². The van der Waals surface area contributed by atoms with Gasteiger partial charge in [-0.05, 0) is 71.6 Å². The Balaban J connectivity index is 1.16. The summed E-state index contributed by atoms with van der Waals surface area (Å²) >= 11 is 5.93. The van der Waals surface area contributed by atoms with Crippen molar-refractivity contribution in [3.05, 3.63) is 70.8 Å². The number of hydrogen-bond acceptors (Lipinski definition) is 5. The number of nitrogens with zero attached hydrogens (tertiary/aromatic N) is 2. The first-order valence-electron chi connectivity index (χ1n) is 11.2. The fraction of sp³-hybridized carbons (Fsp3) is 0.346. The molecule has 6 nitrogen and oxygen atoms in total. The lowest BCUT2D eigenvalue weighted by Crippen LogP contribution is -2.30. The Kier molecular flexibility index (Phi) is 4.63. The van der Waals surface area contributed by atoms with Gasteiger partial charge < -0.3 is 9.47 Å². The van der Waals surface area contributed by atoms with Gasteiger partial charge in [-0.1, -0.05) is 35.9 Å². The van der Waals surface area contributed by atoms with Crippen LogP contribution in [0.25, 0.3) is 0 Å². The highest BCUT2D eigenvalue weighted by Crippen LogP contribution is 2.73. The minimum absolute atomic E-state index is 0.167. The lowest BCUT2D eigenvalue weighted by atomic mass is 9.85. The second-order valence-corrected chi connectivity index (χ2v) is 9.72. The van der Waals surface area contributed by atoms with Gasteiger partial charge in [0.25, 0.3) is 11.8 Å². The Labute approximate surface area is 196 Å². The summed E-state index contributed by atoms with van der Waals surface area (Å²) in [5.74, 6) is 0.698. The maximum Gasteiger partial charge on any atom is 0.254 e. The maximum absolute atomic E-state index is 13.0. The lowest BCUT2D eigenvalue weighted by molar-refractivity contribution is -0.141. The van der Waals surface area contributed by atoms with Crippen molar-refractivity contribution in [2.24, 2.45) is 34.2 Å². The second-order valence-electron chi connectivity index (χ2n) is 9.28. The van der Waals surface area contributed by atoms with Crippen molar-refractivity contribution in [2.75, 3.05) is 7.11 Å². The number of imide groups is 1. The normalized spacial score (nSPS) is 28.2. The van der Waals surface area contributed by atoms with Crippen LogP contribution in [0.2, 0.25) is 5.02 Å². The summed E-state index contributed by atoms with van der Waals surface area (Å²) in [6.07, 6.45) is 8.09. The molecule has 0 N–H and O–H groups in total. The molecule has 4 atom stereocenters. The van der Waals surface area contributed by atoms with Crippen LogP contribution >= 0.6 is 11.6 Å². The van der Waals surface area contributed by atoms with Crippen LogP contribution in [0.5, 0.6) is 11.5 Å². The summed E-state index contributed by atoms with van der Waals surface area (Å²) in [5.41, 5.74) is 1.88. The van der Waals surface area contributed by atoms with Gasteiger partial charge in [-0.3, -0.25) is 9.59 Å². The first-order chi connectivity index (χ1) is 16.0. The van der Waals surface area contributed by atoms with Crippen molar-refractivity contribution in [3.8, 4) is 11.5 Å². The zero-order chi connectivity index (χ0) is 22.7. The Morgan fingerprint density at radius 3 is 2.30 bits per heavy atom. The van der Waals surface area contributed by atoms with E-state index < -0.39 is 0 Å². The molecule has 2 aromatic carbocycles. The van der Waals surface area contributed by atoms with Gasteiger partial charge in [0.1, 0.15) is 6.61 Å². The van der Waals surface area contributed by atoms with E-state index in [1.54, 1.807) is 19.2 Å². The van der Waals surface area contributed by atoms with Crippen molar-refractivity contribution >= 4 is 29.6 Å². The number of carbonyl (C=O) groups excluding carboxylic acids is 2. The molecule has 0 unspecified atom stereocenters. The van der Waals surface area contributed by atoms with Crippen LogP contribution in [-0.2, 0) is 16.2 Å². The summed E-state index contributed by atoms with van der Waals surface area (Å²) < 4.78 is 11.4. The number of methoxy groups -OCH3 is 1. The van der Waals surface area contributed by atoms with Crippen LogP contribution in [-0.4, -0.2) is 30.1 Å². The van der Waals surface area contributed by atoms with Crippen LogP contribution in [0.15, 0.2) is 59.7 Å². The van der Waals surface area contributed by atoms with Crippen molar-refractivity contribution in [1.82, 2.24) is 5.01 Å².